The van der Waals surface area contributed by atoms with Crippen molar-refractivity contribution in [3.8, 4) is 5.82 Å². The second kappa shape index (κ2) is 4.53. The van der Waals surface area contributed by atoms with Crippen LogP contribution < -0.4 is 5.73 Å². The van der Waals surface area contributed by atoms with E-state index in [0.717, 1.165) is 22.8 Å². The normalized spacial score (nSPS) is 11.2. The van der Waals surface area contributed by atoms with Crippen LogP contribution in [0.2, 0.25) is 0 Å². The summed E-state index contributed by atoms with van der Waals surface area (Å²) in [6.45, 7) is 6.11. The SMILES string of the molecule is Cc1nn(C)c(-n2ccc(C(C)C)n2)c1C(N)=S. The second-order valence-corrected chi connectivity index (χ2v) is 5.05. The fourth-order valence-corrected chi connectivity index (χ4v) is 2.20. The summed E-state index contributed by atoms with van der Waals surface area (Å²) in [5, 5.41) is 8.89. The smallest absolute Gasteiger partial charge is 0.162 e. The van der Waals surface area contributed by atoms with Gasteiger partial charge in [0.15, 0.2) is 5.82 Å². The van der Waals surface area contributed by atoms with Gasteiger partial charge in [0.05, 0.1) is 17.0 Å². The molecule has 2 rings (SSSR count). The maximum atomic E-state index is 5.77. The molecule has 0 aliphatic heterocycles. The highest BCUT2D eigenvalue weighted by molar-refractivity contribution is 7.80. The average molecular weight is 263 g/mol. The van der Waals surface area contributed by atoms with E-state index in [2.05, 4.69) is 24.0 Å². The Hall–Kier alpha value is -1.69. The zero-order valence-corrected chi connectivity index (χ0v) is 11.8. The van der Waals surface area contributed by atoms with Crippen molar-refractivity contribution in [1.29, 1.82) is 0 Å². The van der Waals surface area contributed by atoms with Gasteiger partial charge in [-0.2, -0.15) is 10.2 Å². The van der Waals surface area contributed by atoms with Gasteiger partial charge >= 0.3 is 0 Å². The predicted molar refractivity (Wildman–Crippen MR) is 75.0 cm³/mol. The first-order valence-corrected chi connectivity index (χ1v) is 6.22. The highest BCUT2D eigenvalue weighted by Crippen LogP contribution is 2.19. The molecule has 5 nitrogen and oxygen atoms in total. The van der Waals surface area contributed by atoms with Crippen LogP contribution in [0.5, 0.6) is 0 Å². The van der Waals surface area contributed by atoms with Crippen molar-refractivity contribution in [3.63, 3.8) is 0 Å². The van der Waals surface area contributed by atoms with Crippen LogP contribution in [0.3, 0.4) is 0 Å². The van der Waals surface area contributed by atoms with Crippen LogP contribution in [0, 0.1) is 6.92 Å². The van der Waals surface area contributed by atoms with E-state index in [-0.39, 0.29) is 0 Å². The molecule has 96 valence electrons. The van der Waals surface area contributed by atoms with Crippen molar-refractivity contribution in [3.05, 3.63) is 29.2 Å². The third-order valence-corrected chi connectivity index (χ3v) is 3.06. The van der Waals surface area contributed by atoms with E-state index in [0.29, 0.717) is 10.9 Å². The molecule has 2 heterocycles. The lowest BCUT2D eigenvalue weighted by atomic mass is 10.1. The molecule has 2 N–H and O–H groups in total. The van der Waals surface area contributed by atoms with Crippen LogP contribution in [0.25, 0.3) is 5.82 Å². The molecule has 2 aromatic heterocycles. The van der Waals surface area contributed by atoms with Crippen molar-refractivity contribution >= 4 is 17.2 Å². The Bertz CT molecular complexity index is 594. The fraction of sp³-hybridized carbons (Fsp3) is 0.417. The topological polar surface area (TPSA) is 61.7 Å². The summed E-state index contributed by atoms with van der Waals surface area (Å²) in [5.41, 5.74) is 8.40. The molecular weight excluding hydrogens is 246 g/mol. The van der Waals surface area contributed by atoms with E-state index in [9.17, 15) is 0 Å². The highest BCUT2D eigenvalue weighted by Gasteiger charge is 2.18. The Labute approximate surface area is 112 Å². The average Bonchev–Trinajstić information content (AvgIpc) is 2.81. The minimum atomic E-state index is 0.345. The summed E-state index contributed by atoms with van der Waals surface area (Å²) >= 11 is 5.09. The molecule has 0 saturated carbocycles. The molecule has 0 aliphatic rings. The van der Waals surface area contributed by atoms with Crippen LogP contribution in [-0.4, -0.2) is 24.5 Å². The van der Waals surface area contributed by atoms with Crippen molar-refractivity contribution in [2.45, 2.75) is 26.7 Å². The third-order valence-electron chi connectivity index (χ3n) is 2.86. The molecule has 0 saturated heterocycles. The number of nitrogens with zero attached hydrogens (tertiary/aromatic N) is 4. The van der Waals surface area contributed by atoms with Gasteiger partial charge in [0.1, 0.15) is 4.99 Å². The Morgan fingerprint density at radius 2 is 2.06 bits per heavy atom. The molecule has 0 atom stereocenters. The van der Waals surface area contributed by atoms with Gasteiger partial charge in [-0.1, -0.05) is 26.1 Å². The summed E-state index contributed by atoms with van der Waals surface area (Å²) in [6.07, 6.45) is 1.91. The largest absolute Gasteiger partial charge is 0.389 e. The molecule has 0 radical (unpaired) electrons. The maximum absolute atomic E-state index is 5.77. The van der Waals surface area contributed by atoms with Gasteiger partial charge in [0.2, 0.25) is 0 Å². The number of thiocarbonyl (C=S) groups is 1. The Morgan fingerprint density at radius 1 is 1.39 bits per heavy atom. The van der Waals surface area contributed by atoms with E-state index < -0.39 is 0 Å². The summed E-state index contributed by atoms with van der Waals surface area (Å²) < 4.78 is 3.53. The lowest BCUT2D eigenvalue weighted by Crippen LogP contribution is -2.15. The number of rotatable bonds is 3. The Balaban J connectivity index is 2.59. The summed E-state index contributed by atoms with van der Waals surface area (Å²) in [4.78, 5) is 0.345. The number of hydrogen-bond donors (Lipinski definition) is 1. The van der Waals surface area contributed by atoms with Crippen molar-refractivity contribution in [2.75, 3.05) is 0 Å². The van der Waals surface area contributed by atoms with Gasteiger partial charge in [0.25, 0.3) is 0 Å². The molecule has 0 fully saturated rings. The number of hydrogen-bond acceptors (Lipinski definition) is 3. The van der Waals surface area contributed by atoms with Gasteiger partial charge in [-0.15, -0.1) is 0 Å². The quantitative estimate of drug-likeness (QED) is 0.856. The minimum absolute atomic E-state index is 0.345. The third kappa shape index (κ3) is 2.03. The van der Waals surface area contributed by atoms with Gasteiger partial charge in [-0.3, -0.25) is 4.68 Å². The highest BCUT2D eigenvalue weighted by atomic mass is 32.1. The molecule has 0 unspecified atom stereocenters. The number of aryl methyl sites for hydroxylation is 2. The number of nitrogens with two attached hydrogens (primary N) is 1. The van der Waals surface area contributed by atoms with E-state index in [1.54, 1.807) is 9.36 Å². The van der Waals surface area contributed by atoms with Crippen LogP contribution in [0.1, 0.15) is 36.7 Å². The standard InChI is InChI=1S/C12H17N5S/c1-7(2)9-5-6-17(15-9)12-10(11(13)18)8(3)14-16(12)4/h5-7H,1-4H3,(H2,13,18). The fourth-order valence-electron chi connectivity index (χ4n) is 1.96. The van der Waals surface area contributed by atoms with Crippen molar-refractivity contribution in [1.82, 2.24) is 19.6 Å². The molecule has 0 bridgehead atoms. The molecule has 0 spiro atoms. The van der Waals surface area contributed by atoms with E-state index in [1.165, 1.54) is 0 Å². The number of aromatic nitrogens is 4. The molecule has 0 amide bonds. The summed E-state index contributed by atoms with van der Waals surface area (Å²) in [6, 6.07) is 2.00. The first-order valence-electron chi connectivity index (χ1n) is 5.81. The van der Waals surface area contributed by atoms with Crippen LogP contribution in [0.4, 0.5) is 0 Å². The summed E-state index contributed by atoms with van der Waals surface area (Å²) in [5.74, 6) is 1.20. The first kappa shape index (κ1) is 12.8. The minimum Gasteiger partial charge on any atom is -0.389 e. The lowest BCUT2D eigenvalue weighted by Gasteiger charge is -2.05. The monoisotopic (exact) mass is 263 g/mol. The van der Waals surface area contributed by atoms with Gasteiger partial charge in [-0.05, 0) is 18.9 Å². The molecular formula is C12H17N5S. The van der Waals surface area contributed by atoms with Crippen molar-refractivity contribution < 1.29 is 0 Å². The van der Waals surface area contributed by atoms with Crippen LogP contribution in [0.15, 0.2) is 12.3 Å². The van der Waals surface area contributed by atoms with Crippen LogP contribution in [-0.2, 0) is 7.05 Å². The van der Waals surface area contributed by atoms with E-state index >= 15 is 0 Å². The van der Waals surface area contributed by atoms with Crippen molar-refractivity contribution in [2.24, 2.45) is 12.8 Å². The van der Waals surface area contributed by atoms with Crippen LogP contribution >= 0.6 is 12.2 Å². The zero-order chi connectivity index (χ0) is 13.4. The Kier molecular flexibility index (Phi) is 3.21. The maximum Gasteiger partial charge on any atom is 0.162 e. The van der Waals surface area contributed by atoms with Gasteiger partial charge in [0, 0.05) is 13.2 Å². The molecule has 2 aromatic rings. The first-order chi connectivity index (χ1) is 8.41. The zero-order valence-electron chi connectivity index (χ0n) is 11.0. The Morgan fingerprint density at radius 3 is 2.56 bits per heavy atom. The molecule has 18 heavy (non-hydrogen) atoms. The summed E-state index contributed by atoms with van der Waals surface area (Å²) in [7, 11) is 1.86. The molecule has 0 aliphatic carbocycles. The molecule has 6 heteroatoms. The van der Waals surface area contributed by atoms with E-state index in [4.69, 9.17) is 18.0 Å². The van der Waals surface area contributed by atoms with E-state index in [1.807, 2.05) is 26.2 Å². The predicted octanol–water partition coefficient (Wildman–Crippen LogP) is 1.67. The lowest BCUT2D eigenvalue weighted by molar-refractivity contribution is 0.679. The molecule has 0 aromatic carbocycles. The second-order valence-electron chi connectivity index (χ2n) is 4.61. The van der Waals surface area contributed by atoms with Gasteiger partial charge < -0.3 is 5.73 Å². The van der Waals surface area contributed by atoms with Gasteiger partial charge in [-0.25, -0.2) is 4.68 Å².